The van der Waals surface area contributed by atoms with Gasteiger partial charge in [0.15, 0.2) is 0 Å². The molecule has 26 heavy (non-hydrogen) atoms. The fourth-order valence-electron chi connectivity index (χ4n) is 8.84. The molecule has 0 heterocycles. The summed E-state index contributed by atoms with van der Waals surface area (Å²) >= 11 is 0. The second kappa shape index (κ2) is 6.76. The van der Waals surface area contributed by atoms with Crippen LogP contribution in [0.5, 0.6) is 0 Å². The van der Waals surface area contributed by atoms with E-state index >= 15 is 0 Å². The molecule has 4 saturated carbocycles. The minimum atomic E-state index is -0.176. The fourth-order valence-corrected chi connectivity index (χ4v) is 8.84. The Hall–Kier alpha value is -0.0800. The molecule has 0 aromatic heterocycles. The summed E-state index contributed by atoms with van der Waals surface area (Å²) < 4.78 is 0. The second-order valence-corrected chi connectivity index (χ2v) is 11.1. The Kier molecular flexibility index (Phi) is 5.01. The third kappa shape index (κ3) is 2.57. The molecule has 0 saturated heterocycles. The maximum absolute atomic E-state index is 11.5. The normalized spacial score (nSPS) is 54.9. The summed E-state index contributed by atoms with van der Waals surface area (Å²) in [6.07, 6.45) is 12.0. The van der Waals surface area contributed by atoms with Gasteiger partial charge in [-0.05, 0) is 84.9 Å². The first-order chi connectivity index (χ1) is 12.3. The summed E-state index contributed by atoms with van der Waals surface area (Å²) in [5.74, 6) is 3.49. The van der Waals surface area contributed by atoms with Gasteiger partial charge in [0.1, 0.15) is 0 Å². The maximum atomic E-state index is 11.5. The Labute approximate surface area is 161 Å². The van der Waals surface area contributed by atoms with Crippen molar-refractivity contribution in [2.24, 2.45) is 46.3 Å². The highest BCUT2D eigenvalue weighted by atomic mass is 16.3. The van der Waals surface area contributed by atoms with Crippen LogP contribution in [0.2, 0.25) is 0 Å². The molecule has 2 nitrogen and oxygen atoms in total. The molecule has 150 valence electrons. The lowest BCUT2D eigenvalue weighted by Crippen LogP contribution is -2.61. The van der Waals surface area contributed by atoms with E-state index in [-0.39, 0.29) is 17.6 Å². The van der Waals surface area contributed by atoms with E-state index in [4.69, 9.17) is 0 Å². The average molecular weight is 363 g/mol. The Morgan fingerprint density at radius 2 is 1.77 bits per heavy atom. The van der Waals surface area contributed by atoms with Crippen LogP contribution in [0.3, 0.4) is 0 Å². The van der Waals surface area contributed by atoms with Gasteiger partial charge in [-0.1, -0.05) is 53.4 Å². The van der Waals surface area contributed by atoms with E-state index in [9.17, 15) is 10.2 Å². The molecule has 2 heteroatoms. The van der Waals surface area contributed by atoms with Crippen molar-refractivity contribution in [1.82, 2.24) is 0 Å². The van der Waals surface area contributed by atoms with Gasteiger partial charge in [-0.25, -0.2) is 0 Å². The summed E-state index contributed by atoms with van der Waals surface area (Å²) in [6, 6.07) is 0. The number of aliphatic hydroxyl groups is 2. The van der Waals surface area contributed by atoms with Gasteiger partial charge in [-0.15, -0.1) is 0 Å². The van der Waals surface area contributed by atoms with Crippen LogP contribution in [0, 0.1) is 46.3 Å². The van der Waals surface area contributed by atoms with Crippen LogP contribution >= 0.6 is 0 Å². The summed E-state index contributed by atoms with van der Waals surface area (Å²) in [6.45, 7) is 9.61. The molecule has 7 unspecified atom stereocenters. The van der Waals surface area contributed by atoms with Gasteiger partial charge < -0.3 is 10.2 Å². The topological polar surface area (TPSA) is 40.5 Å². The lowest BCUT2D eigenvalue weighted by Gasteiger charge is -2.63. The zero-order chi connectivity index (χ0) is 18.7. The molecule has 0 aromatic rings. The zero-order valence-corrected chi connectivity index (χ0v) is 17.6. The van der Waals surface area contributed by atoms with E-state index < -0.39 is 0 Å². The van der Waals surface area contributed by atoms with Crippen molar-refractivity contribution >= 4 is 0 Å². The number of hydrogen-bond acceptors (Lipinski definition) is 2. The molecule has 4 aliphatic carbocycles. The highest BCUT2D eigenvalue weighted by Crippen LogP contribution is 2.68. The van der Waals surface area contributed by atoms with E-state index in [0.29, 0.717) is 40.9 Å². The predicted molar refractivity (Wildman–Crippen MR) is 107 cm³/mol. The number of hydrogen-bond donors (Lipinski definition) is 2. The van der Waals surface area contributed by atoms with Crippen molar-refractivity contribution < 1.29 is 10.2 Å². The van der Waals surface area contributed by atoms with Gasteiger partial charge in [0, 0.05) is 0 Å². The van der Waals surface area contributed by atoms with Crippen molar-refractivity contribution in [1.29, 1.82) is 0 Å². The van der Waals surface area contributed by atoms with Gasteiger partial charge in [-0.3, -0.25) is 0 Å². The molecule has 0 bridgehead atoms. The van der Waals surface area contributed by atoms with E-state index in [1.165, 1.54) is 51.4 Å². The molecule has 0 aromatic carbocycles. The van der Waals surface area contributed by atoms with Crippen molar-refractivity contribution in [3.8, 4) is 0 Å². The lowest BCUT2D eigenvalue weighted by molar-refractivity contribution is -0.201. The minimum absolute atomic E-state index is 0.0224. The molecule has 4 aliphatic rings. The zero-order valence-electron chi connectivity index (χ0n) is 17.6. The monoisotopic (exact) mass is 362 g/mol. The Balaban J connectivity index is 1.67. The van der Waals surface area contributed by atoms with Crippen molar-refractivity contribution in [3.63, 3.8) is 0 Å². The SMILES string of the molecule is CCCC(C)C1CC[C@H]2[C@H]3C(O)C[C@@H]4CCCCC4(C)C3CC(O)C12C. The van der Waals surface area contributed by atoms with Crippen LogP contribution in [0.15, 0.2) is 0 Å². The van der Waals surface area contributed by atoms with Crippen molar-refractivity contribution in [2.45, 2.75) is 104 Å². The van der Waals surface area contributed by atoms with E-state index in [1.54, 1.807) is 0 Å². The molecular weight excluding hydrogens is 320 g/mol. The first-order valence-electron chi connectivity index (χ1n) is 11.7. The molecular formula is C24H42O2. The van der Waals surface area contributed by atoms with E-state index in [2.05, 4.69) is 27.7 Å². The van der Waals surface area contributed by atoms with Crippen LogP contribution in [0.25, 0.3) is 0 Å². The standard InChI is InChI=1S/C24H42O2/c1-5-8-15(2)17-10-11-18-22-19(14-21(26)24(17,18)4)23(3)12-7-6-9-16(23)13-20(22)25/h15-22,25-26H,5-14H2,1-4H3/t15?,16-,17?,18-,19?,20?,21?,22+,23?,24?/m0/s1. The molecule has 4 rings (SSSR count). The molecule has 0 amide bonds. The van der Waals surface area contributed by atoms with Crippen LogP contribution in [0.4, 0.5) is 0 Å². The Morgan fingerprint density at radius 1 is 1.00 bits per heavy atom. The molecule has 2 N–H and O–H groups in total. The van der Waals surface area contributed by atoms with Gasteiger partial charge in [0.05, 0.1) is 12.2 Å². The van der Waals surface area contributed by atoms with Gasteiger partial charge in [0.2, 0.25) is 0 Å². The van der Waals surface area contributed by atoms with Crippen LogP contribution in [0.1, 0.15) is 91.9 Å². The second-order valence-electron chi connectivity index (χ2n) is 11.1. The van der Waals surface area contributed by atoms with Crippen LogP contribution in [-0.4, -0.2) is 22.4 Å². The van der Waals surface area contributed by atoms with Crippen LogP contribution in [-0.2, 0) is 0 Å². The molecule has 0 aliphatic heterocycles. The van der Waals surface area contributed by atoms with Crippen LogP contribution < -0.4 is 0 Å². The molecule has 0 spiro atoms. The molecule has 10 atom stereocenters. The van der Waals surface area contributed by atoms with E-state index in [0.717, 1.165) is 12.8 Å². The summed E-state index contributed by atoms with van der Waals surface area (Å²) in [5.41, 5.74) is 0.381. The third-order valence-corrected chi connectivity index (χ3v) is 10.2. The quantitative estimate of drug-likeness (QED) is 0.704. The first-order valence-corrected chi connectivity index (χ1v) is 11.7. The summed E-state index contributed by atoms with van der Waals surface area (Å²) in [7, 11) is 0. The number of aliphatic hydroxyl groups excluding tert-OH is 2. The Morgan fingerprint density at radius 3 is 2.50 bits per heavy atom. The molecule has 0 radical (unpaired) electrons. The number of rotatable bonds is 3. The average Bonchev–Trinajstić information content (AvgIpc) is 2.95. The Bertz CT molecular complexity index is 518. The minimum Gasteiger partial charge on any atom is -0.393 e. The predicted octanol–water partition coefficient (Wildman–Crippen LogP) is 5.41. The first kappa shape index (κ1) is 19.2. The molecule has 4 fully saturated rings. The fraction of sp³-hybridized carbons (Fsp3) is 1.00. The highest BCUT2D eigenvalue weighted by molar-refractivity contribution is 5.14. The van der Waals surface area contributed by atoms with Crippen molar-refractivity contribution in [2.75, 3.05) is 0 Å². The van der Waals surface area contributed by atoms with E-state index in [1.807, 2.05) is 0 Å². The third-order valence-electron chi connectivity index (χ3n) is 10.2. The van der Waals surface area contributed by atoms with Gasteiger partial charge in [0.25, 0.3) is 0 Å². The summed E-state index contributed by atoms with van der Waals surface area (Å²) in [4.78, 5) is 0. The largest absolute Gasteiger partial charge is 0.393 e. The lowest BCUT2D eigenvalue weighted by atomic mass is 9.43. The summed E-state index contributed by atoms with van der Waals surface area (Å²) in [5, 5.41) is 22.7. The van der Waals surface area contributed by atoms with Gasteiger partial charge in [-0.2, -0.15) is 0 Å². The number of fused-ring (bicyclic) bond motifs is 5. The van der Waals surface area contributed by atoms with Gasteiger partial charge >= 0.3 is 0 Å². The van der Waals surface area contributed by atoms with Crippen molar-refractivity contribution in [3.05, 3.63) is 0 Å². The highest BCUT2D eigenvalue weighted by Gasteiger charge is 2.65. The smallest absolute Gasteiger partial charge is 0.0602 e. The maximum Gasteiger partial charge on any atom is 0.0602 e.